The van der Waals surface area contributed by atoms with Crippen LogP contribution in [0, 0.1) is 6.92 Å². The van der Waals surface area contributed by atoms with Crippen molar-refractivity contribution in [3.8, 4) is 5.75 Å². The van der Waals surface area contributed by atoms with Gasteiger partial charge in [-0.2, -0.15) is 0 Å². The standard InChI is InChI=1S/C18H21N3O3/c1-13-8-16(10-17(22)20(13)2)24-15-5-7-21(12-15)18(23)9-14-4-3-6-19-11-14/h3-4,6,8,10-11,15H,5,7,9,12H2,1-2H3. The summed E-state index contributed by atoms with van der Waals surface area (Å²) in [5, 5.41) is 0. The summed E-state index contributed by atoms with van der Waals surface area (Å²) in [4.78, 5) is 30.0. The number of likely N-dealkylation sites (tertiary alicyclic amines) is 1. The van der Waals surface area contributed by atoms with Crippen LogP contribution in [0.5, 0.6) is 5.75 Å². The Morgan fingerprint density at radius 1 is 1.42 bits per heavy atom. The highest BCUT2D eigenvalue weighted by molar-refractivity contribution is 5.79. The van der Waals surface area contributed by atoms with Gasteiger partial charge in [0.1, 0.15) is 11.9 Å². The van der Waals surface area contributed by atoms with E-state index in [1.165, 1.54) is 6.07 Å². The molecule has 6 nitrogen and oxygen atoms in total. The summed E-state index contributed by atoms with van der Waals surface area (Å²) in [7, 11) is 1.73. The van der Waals surface area contributed by atoms with E-state index < -0.39 is 0 Å². The summed E-state index contributed by atoms with van der Waals surface area (Å²) in [5.74, 6) is 0.649. The number of pyridine rings is 2. The van der Waals surface area contributed by atoms with Gasteiger partial charge in [-0.1, -0.05) is 6.07 Å². The van der Waals surface area contributed by atoms with Gasteiger partial charge in [0.25, 0.3) is 5.56 Å². The third kappa shape index (κ3) is 3.64. The maximum atomic E-state index is 12.4. The Balaban J connectivity index is 1.59. The van der Waals surface area contributed by atoms with Gasteiger partial charge in [0, 0.05) is 44.2 Å². The summed E-state index contributed by atoms with van der Waals surface area (Å²) in [6, 6.07) is 7.07. The minimum atomic E-state index is -0.0903. The lowest BCUT2D eigenvalue weighted by Crippen LogP contribution is -2.32. The number of rotatable bonds is 4. The Morgan fingerprint density at radius 2 is 2.25 bits per heavy atom. The second kappa shape index (κ2) is 6.86. The number of nitrogens with zero attached hydrogens (tertiary/aromatic N) is 3. The molecule has 2 aromatic rings. The first-order valence-corrected chi connectivity index (χ1v) is 8.04. The molecular weight excluding hydrogens is 306 g/mol. The molecule has 1 amide bonds. The van der Waals surface area contributed by atoms with Crippen molar-refractivity contribution in [2.75, 3.05) is 13.1 Å². The second-order valence-electron chi connectivity index (χ2n) is 6.14. The van der Waals surface area contributed by atoms with Crippen molar-refractivity contribution < 1.29 is 9.53 Å². The van der Waals surface area contributed by atoms with Crippen molar-refractivity contribution in [1.29, 1.82) is 0 Å². The fraction of sp³-hybridized carbons (Fsp3) is 0.389. The SMILES string of the molecule is Cc1cc(OC2CCN(C(=O)Cc3cccnc3)C2)cc(=O)n1C. The van der Waals surface area contributed by atoms with Gasteiger partial charge in [-0.05, 0) is 24.6 Å². The van der Waals surface area contributed by atoms with Gasteiger partial charge < -0.3 is 14.2 Å². The molecule has 3 rings (SSSR count). The molecule has 1 aliphatic heterocycles. The molecule has 0 saturated carbocycles. The van der Waals surface area contributed by atoms with Gasteiger partial charge in [0.2, 0.25) is 5.91 Å². The predicted molar refractivity (Wildman–Crippen MR) is 90.0 cm³/mol. The van der Waals surface area contributed by atoms with Crippen LogP contribution in [0.3, 0.4) is 0 Å². The normalized spacial score (nSPS) is 17.1. The molecule has 1 saturated heterocycles. The molecule has 0 spiro atoms. The minimum absolute atomic E-state index is 0.0747. The largest absolute Gasteiger partial charge is 0.488 e. The second-order valence-corrected chi connectivity index (χ2v) is 6.14. The summed E-state index contributed by atoms with van der Waals surface area (Å²) in [5.41, 5.74) is 1.67. The molecule has 1 unspecified atom stereocenters. The lowest BCUT2D eigenvalue weighted by atomic mass is 10.2. The Bertz CT molecular complexity index is 786. The number of amides is 1. The van der Waals surface area contributed by atoms with Gasteiger partial charge in [0.15, 0.2) is 0 Å². The topological polar surface area (TPSA) is 64.4 Å². The molecule has 0 aromatic carbocycles. The number of aromatic nitrogens is 2. The van der Waals surface area contributed by atoms with E-state index in [4.69, 9.17) is 4.74 Å². The Morgan fingerprint density at radius 3 is 2.96 bits per heavy atom. The first-order valence-electron chi connectivity index (χ1n) is 8.04. The molecule has 0 N–H and O–H groups in total. The molecule has 1 aliphatic rings. The van der Waals surface area contributed by atoms with E-state index in [0.29, 0.717) is 25.3 Å². The summed E-state index contributed by atoms with van der Waals surface area (Å²) < 4.78 is 7.48. The molecule has 6 heteroatoms. The van der Waals surface area contributed by atoms with Crippen LogP contribution in [0.4, 0.5) is 0 Å². The smallest absolute Gasteiger partial charge is 0.254 e. The highest BCUT2D eigenvalue weighted by Gasteiger charge is 2.27. The molecule has 0 bridgehead atoms. The van der Waals surface area contributed by atoms with Crippen molar-refractivity contribution in [2.45, 2.75) is 25.9 Å². The number of carbonyl (C=O) groups excluding carboxylic acids is 1. The molecule has 24 heavy (non-hydrogen) atoms. The van der Waals surface area contributed by atoms with E-state index in [1.54, 1.807) is 24.0 Å². The molecule has 1 fully saturated rings. The number of hydrogen-bond donors (Lipinski definition) is 0. The highest BCUT2D eigenvalue weighted by Crippen LogP contribution is 2.19. The number of aryl methyl sites for hydroxylation is 1. The quantitative estimate of drug-likeness (QED) is 0.849. The predicted octanol–water partition coefficient (Wildman–Crippen LogP) is 1.31. The van der Waals surface area contributed by atoms with Crippen molar-refractivity contribution in [3.05, 3.63) is 58.3 Å². The van der Waals surface area contributed by atoms with Crippen LogP contribution in [-0.4, -0.2) is 39.6 Å². The number of carbonyl (C=O) groups is 1. The van der Waals surface area contributed by atoms with E-state index in [1.807, 2.05) is 30.0 Å². The zero-order chi connectivity index (χ0) is 17.1. The van der Waals surface area contributed by atoms with Crippen LogP contribution < -0.4 is 10.3 Å². The van der Waals surface area contributed by atoms with Crippen molar-refractivity contribution >= 4 is 5.91 Å². The zero-order valence-corrected chi connectivity index (χ0v) is 13.9. The zero-order valence-electron chi connectivity index (χ0n) is 13.9. The van der Waals surface area contributed by atoms with Crippen LogP contribution >= 0.6 is 0 Å². The molecule has 2 aromatic heterocycles. The van der Waals surface area contributed by atoms with E-state index in [2.05, 4.69) is 4.98 Å². The van der Waals surface area contributed by atoms with Gasteiger partial charge in [0.05, 0.1) is 13.0 Å². The fourth-order valence-corrected chi connectivity index (χ4v) is 2.84. The average Bonchev–Trinajstić information content (AvgIpc) is 3.02. The van der Waals surface area contributed by atoms with Crippen LogP contribution in [-0.2, 0) is 18.3 Å². The van der Waals surface area contributed by atoms with Crippen LogP contribution in [0.25, 0.3) is 0 Å². The van der Waals surface area contributed by atoms with Crippen LogP contribution in [0.1, 0.15) is 17.7 Å². The summed E-state index contributed by atoms with van der Waals surface area (Å²) >= 11 is 0. The first kappa shape index (κ1) is 16.2. The molecule has 0 radical (unpaired) electrons. The Labute approximate surface area is 140 Å². The van der Waals surface area contributed by atoms with Crippen molar-refractivity contribution in [3.63, 3.8) is 0 Å². The molecular formula is C18H21N3O3. The molecule has 1 atom stereocenters. The number of ether oxygens (including phenoxy) is 1. The lowest BCUT2D eigenvalue weighted by Gasteiger charge is -2.17. The Hall–Kier alpha value is -2.63. The lowest BCUT2D eigenvalue weighted by molar-refractivity contribution is -0.129. The van der Waals surface area contributed by atoms with E-state index >= 15 is 0 Å². The van der Waals surface area contributed by atoms with Gasteiger partial charge in [-0.15, -0.1) is 0 Å². The fourth-order valence-electron chi connectivity index (χ4n) is 2.84. The monoisotopic (exact) mass is 327 g/mol. The van der Waals surface area contributed by atoms with Gasteiger partial charge in [-0.25, -0.2) is 0 Å². The van der Waals surface area contributed by atoms with Gasteiger partial charge in [-0.3, -0.25) is 14.6 Å². The minimum Gasteiger partial charge on any atom is -0.488 e. The molecule has 3 heterocycles. The molecule has 0 aliphatic carbocycles. The van der Waals surface area contributed by atoms with E-state index in [0.717, 1.165) is 17.7 Å². The van der Waals surface area contributed by atoms with E-state index in [9.17, 15) is 9.59 Å². The third-order valence-electron chi connectivity index (χ3n) is 4.36. The van der Waals surface area contributed by atoms with Crippen LogP contribution in [0.15, 0.2) is 41.5 Å². The Kier molecular flexibility index (Phi) is 4.64. The maximum absolute atomic E-state index is 12.4. The third-order valence-corrected chi connectivity index (χ3v) is 4.36. The van der Waals surface area contributed by atoms with Gasteiger partial charge >= 0.3 is 0 Å². The number of hydrogen-bond acceptors (Lipinski definition) is 4. The van der Waals surface area contributed by atoms with Crippen LogP contribution in [0.2, 0.25) is 0 Å². The molecule has 126 valence electrons. The maximum Gasteiger partial charge on any atom is 0.254 e. The average molecular weight is 327 g/mol. The van der Waals surface area contributed by atoms with Crippen molar-refractivity contribution in [2.24, 2.45) is 7.05 Å². The first-order chi connectivity index (χ1) is 11.5. The van der Waals surface area contributed by atoms with Crippen molar-refractivity contribution in [1.82, 2.24) is 14.5 Å². The van der Waals surface area contributed by atoms with E-state index in [-0.39, 0.29) is 17.6 Å². The summed E-state index contributed by atoms with van der Waals surface area (Å²) in [6.45, 7) is 3.09. The summed E-state index contributed by atoms with van der Waals surface area (Å²) in [6.07, 6.45) is 4.46. The highest BCUT2D eigenvalue weighted by atomic mass is 16.5.